The molecule has 1 saturated heterocycles. The van der Waals surface area contributed by atoms with Gasteiger partial charge in [0.15, 0.2) is 0 Å². The van der Waals surface area contributed by atoms with E-state index in [4.69, 9.17) is 21.1 Å². The van der Waals surface area contributed by atoms with Crippen molar-refractivity contribution in [2.45, 2.75) is 25.4 Å². The molecule has 1 amide bonds. The SMILES string of the molecule is COc1nccnc1OC1CCCN(C(=O)Cc2ccccc2Cl)C1. The summed E-state index contributed by atoms with van der Waals surface area (Å²) in [7, 11) is 1.52. The topological polar surface area (TPSA) is 64.6 Å². The normalized spacial score (nSPS) is 17.2. The van der Waals surface area contributed by atoms with Gasteiger partial charge in [0.05, 0.1) is 20.1 Å². The van der Waals surface area contributed by atoms with E-state index in [9.17, 15) is 4.79 Å². The predicted octanol–water partition coefficient (Wildman–Crippen LogP) is 2.75. The lowest BCUT2D eigenvalue weighted by atomic mass is 10.1. The van der Waals surface area contributed by atoms with Gasteiger partial charge in [-0.3, -0.25) is 4.79 Å². The van der Waals surface area contributed by atoms with Gasteiger partial charge in [0.2, 0.25) is 5.91 Å². The van der Waals surface area contributed by atoms with Gasteiger partial charge in [0, 0.05) is 24.0 Å². The molecule has 25 heavy (non-hydrogen) atoms. The van der Waals surface area contributed by atoms with Crippen molar-refractivity contribution < 1.29 is 14.3 Å². The summed E-state index contributed by atoms with van der Waals surface area (Å²) in [4.78, 5) is 22.7. The Kier molecular flexibility index (Phi) is 5.71. The number of halogens is 1. The minimum absolute atomic E-state index is 0.0486. The number of ether oxygens (including phenoxy) is 2. The number of carbonyl (C=O) groups is 1. The highest BCUT2D eigenvalue weighted by Gasteiger charge is 2.26. The molecule has 3 rings (SSSR count). The van der Waals surface area contributed by atoms with Crippen LogP contribution in [-0.4, -0.2) is 47.1 Å². The van der Waals surface area contributed by atoms with Crippen LogP contribution in [0.1, 0.15) is 18.4 Å². The maximum absolute atomic E-state index is 12.6. The number of methoxy groups -OCH3 is 1. The van der Waals surface area contributed by atoms with Gasteiger partial charge >= 0.3 is 0 Å². The number of hydrogen-bond acceptors (Lipinski definition) is 5. The zero-order valence-corrected chi connectivity index (χ0v) is 14.8. The van der Waals surface area contributed by atoms with Crippen molar-refractivity contribution in [2.75, 3.05) is 20.2 Å². The number of rotatable bonds is 5. The largest absolute Gasteiger partial charge is 0.477 e. The Balaban J connectivity index is 1.63. The fourth-order valence-electron chi connectivity index (χ4n) is 2.87. The summed E-state index contributed by atoms with van der Waals surface area (Å²) in [5.41, 5.74) is 0.841. The van der Waals surface area contributed by atoms with Crippen LogP contribution in [0, 0.1) is 0 Å². The van der Waals surface area contributed by atoms with Gasteiger partial charge in [-0.2, -0.15) is 0 Å². The van der Waals surface area contributed by atoms with Crippen LogP contribution in [0.15, 0.2) is 36.7 Å². The molecule has 1 fully saturated rings. The van der Waals surface area contributed by atoms with Crippen molar-refractivity contribution in [3.05, 3.63) is 47.2 Å². The number of nitrogens with zero attached hydrogens (tertiary/aromatic N) is 3. The van der Waals surface area contributed by atoms with Crippen LogP contribution in [0.5, 0.6) is 11.8 Å². The molecule has 0 spiro atoms. The molecular weight excluding hydrogens is 342 g/mol. The average molecular weight is 362 g/mol. The van der Waals surface area contributed by atoms with Crippen LogP contribution < -0.4 is 9.47 Å². The van der Waals surface area contributed by atoms with Crippen LogP contribution in [0.4, 0.5) is 0 Å². The molecule has 1 aliphatic rings. The highest BCUT2D eigenvalue weighted by Crippen LogP contribution is 2.24. The first-order valence-electron chi connectivity index (χ1n) is 8.20. The van der Waals surface area contributed by atoms with E-state index in [-0.39, 0.29) is 12.0 Å². The highest BCUT2D eigenvalue weighted by molar-refractivity contribution is 6.31. The molecule has 1 aliphatic heterocycles. The molecule has 0 saturated carbocycles. The van der Waals surface area contributed by atoms with E-state index in [2.05, 4.69) is 9.97 Å². The fraction of sp³-hybridized carbons (Fsp3) is 0.389. The van der Waals surface area contributed by atoms with Crippen LogP contribution in [0.3, 0.4) is 0 Å². The lowest BCUT2D eigenvalue weighted by Crippen LogP contribution is -2.45. The van der Waals surface area contributed by atoms with Gasteiger partial charge < -0.3 is 14.4 Å². The van der Waals surface area contributed by atoms with Gasteiger partial charge in [-0.15, -0.1) is 0 Å². The molecule has 1 aromatic heterocycles. The highest BCUT2D eigenvalue weighted by atomic mass is 35.5. The molecule has 1 aromatic carbocycles. The first kappa shape index (κ1) is 17.5. The number of benzene rings is 1. The molecule has 132 valence electrons. The van der Waals surface area contributed by atoms with Crippen LogP contribution in [0.2, 0.25) is 5.02 Å². The number of aromatic nitrogens is 2. The van der Waals surface area contributed by atoms with Crippen molar-refractivity contribution in [3.8, 4) is 11.8 Å². The van der Waals surface area contributed by atoms with Crippen molar-refractivity contribution in [1.29, 1.82) is 0 Å². The third-order valence-corrected chi connectivity index (χ3v) is 4.50. The van der Waals surface area contributed by atoms with Crippen LogP contribution >= 0.6 is 11.6 Å². The van der Waals surface area contributed by atoms with Gasteiger partial charge in [-0.05, 0) is 24.5 Å². The number of amides is 1. The summed E-state index contributed by atoms with van der Waals surface area (Å²) < 4.78 is 11.1. The molecule has 7 heteroatoms. The minimum Gasteiger partial charge on any atom is -0.477 e. The predicted molar refractivity (Wildman–Crippen MR) is 94.0 cm³/mol. The maximum Gasteiger partial charge on any atom is 0.278 e. The van der Waals surface area contributed by atoms with E-state index in [0.29, 0.717) is 29.7 Å². The van der Waals surface area contributed by atoms with E-state index >= 15 is 0 Å². The lowest BCUT2D eigenvalue weighted by molar-refractivity contribution is -0.133. The minimum atomic E-state index is -0.130. The lowest BCUT2D eigenvalue weighted by Gasteiger charge is -2.32. The molecule has 2 aromatic rings. The Morgan fingerprint density at radius 2 is 2.04 bits per heavy atom. The summed E-state index contributed by atoms with van der Waals surface area (Å²) in [5.74, 6) is 0.755. The summed E-state index contributed by atoms with van der Waals surface area (Å²) in [6, 6.07) is 7.42. The second kappa shape index (κ2) is 8.16. The van der Waals surface area contributed by atoms with E-state index in [1.54, 1.807) is 18.5 Å². The zero-order valence-electron chi connectivity index (χ0n) is 14.0. The molecule has 1 unspecified atom stereocenters. The molecule has 1 atom stereocenters. The zero-order chi connectivity index (χ0) is 17.6. The number of hydrogen-bond donors (Lipinski definition) is 0. The molecule has 0 bridgehead atoms. The number of piperidine rings is 1. The van der Waals surface area contributed by atoms with Crippen molar-refractivity contribution in [1.82, 2.24) is 14.9 Å². The Hall–Kier alpha value is -2.34. The Morgan fingerprint density at radius 3 is 2.80 bits per heavy atom. The number of likely N-dealkylation sites (tertiary alicyclic amines) is 1. The molecule has 0 radical (unpaired) electrons. The third-order valence-electron chi connectivity index (χ3n) is 4.14. The van der Waals surface area contributed by atoms with Gasteiger partial charge in [-0.1, -0.05) is 29.8 Å². The van der Waals surface area contributed by atoms with Crippen molar-refractivity contribution in [3.63, 3.8) is 0 Å². The summed E-state index contributed by atoms with van der Waals surface area (Å²) >= 11 is 6.15. The van der Waals surface area contributed by atoms with Crippen LogP contribution in [-0.2, 0) is 11.2 Å². The van der Waals surface area contributed by atoms with Crippen LogP contribution in [0.25, 0.3) is 0 Å². The van der Waals surface area contributed by atoms with Crippen molar-refractivity contribution >= 4 is 17.5 Å². The first-order valence-corrected chi connectivity index (χ1v) is 8.58. The quantitative estimate of drug-likeness (QED) is 0.819. The monoisotopic (exact) mass is 361 g/mol. The molecule has 6 nitrogen and oxygen atoms in total. The van der Waals surface area contributed by atoms with E-state index in [0.717, 1.165) is 24.9 Å². The Labute approximate surface area is 151 Å². The van der Waals surface area contributed by atoms with Crippen molar-refractivity contribution in [2.24, 2.45) is 0 Å². The maximum atomic E-state index is 12.6. The van der Waals surface area contributed by atoms with Gasteiger partial charge in [0.1, 0.15) is 6.10 Å². The third kappa shape index (κ3) is 4.39. The molecule has 2 heterocycles. The van der Waals surface area contributed by atoms with E-state index < -0.39 is 0 Å². The fourth-order valence-corrected chi connectivity index (χ4v) is 3.07. The second-order valence-electron chi connectivity index (χ2n) is 5.86. The van der Waals surface area contributed by atoms with Gasteiger partial charge in [-0.25, -0.2) is 9.97 Å². The summed E-state index contributed by atoms with van der Waals surface area (Å²) in [6.45, 7) is 1.24. The summed E-state index contributed by atoms with van der Waals surface area (Å²) in [5, 5.41) is 0.616. The van der Waals surface area contributed by atoms with E-state index in [1.165, 1.54) is 7.11 Å². The Morgan fingerprint density at radius 1 is 1.28 bits per heavy atom. The first-order chi connectivity index (χ1) is 12.2. The Bertz CT molecular complexity index is 741. The smallest absolute Gasteiger partial charge is 0.278 e. The molecule has 0 N–H and O–H groups in total. The second-order valence-corrected chi connectivity index (χ2v) is 6.27. The van der Waals surface area contributed by atoms with E-state index in [1.807, 2.05) is 23.1 Å². The molecule has 0 aliphatic carbocycles. The molecular formula is C18H20ClN3O3. The standard InChI is InChI=1S/C18H20ClN3O3/c1-24-17-18(21-9-8-20-17)25-14-6-4-10-22(12-14)16(23)11-13-5-2-3-7-15(13)19/h2-3,5,7-9,14H,4,6,10-12H2,1H3. The summed E-state index contributed by atoms with van der Waals surface area (Å²) in [6.07, 6.45) is 5.00. The average Bonchev–Trinajstić information content (AvgIpc) is 2.64. The van der Waals surface area contributed by atoms with Gasteiger partial charge in [0.25, 0.3) is 11.8 Å². The number of carbonyl (C=O) groups excluding carboxylic acids is 1.